The maximum Gasteiger partial charge on any atom is 0.299 e. The van der Waals surface area contributed by atoms with Crippen molar-refractivity contribution in [2.75, 3.05) is 10.0 Å². The van der Waals surface area contributed by atoms with Crippen molar-refractivity contribution in [3.63, 3.8) is 0 Å². The Balaban J connectivity index is 3.42. The summed E-state index contributed by atoms with van der Waals surface area (Å²) in [6, 6.07) is 6.78. The van der Waals surface area contributed by atoms with E-state index >= 15 is 0 Å². The number of hydrogen-bond donors (Lipinski definition) is 2. The number of nitrogens with zero attached hydrogens (tertiary/aromatic N) is 1. The van der Waals surface area contributed by atoms with Crippen LogP contribution in [0.3, 0.4) is 0 Å². The molecular formula is C11H19N3O2S. The Kier molecular flexibility index (Phi) is 3.68. The highest BCUT2D eigenvalue weighted by Crippen LogP contribution is 2.32. The van der Waals surface area contributed by atoms with Gasteiger partial charge in [0.15, 0.2) is 0 Å². The molecule has 0 aliphatic rings. The zero-order valence-electron chi connectivity index (χ0n) is 10.3. The first-order valence-corrected chi connectivity index (χ1v) is 6.88. The quantitative estimate of drug-likeness (QED) is 0.800. The summed E-state index contributed by atoms with van der Waals surface area (Å²) in [6.45, 7) is 5.52. The summed E-state index contributed by atoms with van der Waals surface area (Å²) < 4.78 is 24.7. The van der Waals surface area contributed by atoms with Crippen LogP contribution in [0.1, 0.15) is 27.2 Å². The number of rotatable bonds is 4. The average Bonchev–Trinajstić information content (AvgIpc) is 2.19. The van der Waals surface area contributed by atoms with Gasteiger partial charge >= 0.3 is 0 Å². The van der Waals surface area contributed by atoms with Crippen LogP contribution in [0.5, 0.6) is 0 Å². The summed E-state index contributed by atoms with van der Waals surface area (Å²) in [5, 5.41) is 5.28. The van der Waals surface area contributed by atoms with Crippen molar-refractivity contribution in [3.05, 3.63) is 24.3 Å². The second-order valence-electron chi connectivity index (χ2n) is 4.53. The van der Waals surface area contributed by atoms with E-state index in [1.165, 1.54) is 4.31 Å². The molecule has 1 rings (SSSR count). The van der Waals surface area contributed by atoms with Crippen LogP contribution in [0.4, 0.5) is 11.4 Å². The highest BCUT2D eigenvalue weighted by atomic mass is 32.2. The van der Waals surface area contributed by atoms with Crippen LogP contribution in [0.2, 0.25) is 0 Å². The molecule has 0 saturated carbocycles. The lowest BCUT2D eigenvalue weighted by Crippen LogP contribution is -2.50. The molecule has 0 aromatic heterocycles. The Morgan fingerprint density at radius 1 is 1.29 bits per heavy atom. The second-order valence-corrected chi connectivity index (χ2v) is 5.93. The minimum atomic E-state index is -3.86. The monoisotopic (exact) mass is 257 g/mol. The molecule has 0 radical (unpaired) electrons. The van der Waals surface area contributed by atoms with E-state index in [0.29, 0.717) is 17.8 Å². The molecule has 1 aromatic rings. The molecule has 0 aliphatic carbocycles. The van der Waals surface area contributed by atoms with Gasteiger partial charge in [0.1, 0.15) is 0 Å². The molecule has 0 amide bonds. The van der Waals surface area contributed by atoms with Gasteiger partial charge < -0.3 is 5.73 Å². The van der Waals surface area contributed by atoms with Gasteiger partial charge in [-0.1, -0.05) is 19.1 Å². The number of para-hydroxylation sites is 2. The molecule has 0 heterocycles. The molecule has 0 unspecified atom stereocenters. The van der Waals surface area contributed by atoms with Gasteiger partial charge in [0.05, 0.1) is 16.9 Å². The third-order valence-corrected chi connectivity index (χ3v) is 4.02. The zero-order valence-corrected chi connectivity index (χ0v) is 11.2. The fourth-order valence-electron chi connectivity index (χ4n) is 1.62. The van der Waals surface area contributed by atoms with Crippen LogP contribution in [-0.2, 0) is 10.2 Å². The highest BCUT2D eigenvalue weighted by molar-refractivity contribution is 7.90. The molecule has 0 saturated heterocycles. The Bertz CT molecular complexity index is 497. The minimum absolute atomic E-state index is 0.392. The van der Waals surface area contributed by atoms with E-state index in [1.807, 2.05) is 20.8 Å². The van der Waals surface area contributed by atoms with Gasteiger partial charge in [-0.25, -0.2) is 5.14 Å². The second kappa shape index (κ2) is 4.54. The molecule has 0 fully saturated rings. The van der Waals surface area contributed by atoms with Crippen LogP contribution in [-0.4, -0.2) is 14.0 Å². The van der Waals surface area contributed by atoms with Gasteiger partial charge in [-0.2, -0.15) is 8.42 Å². The first kappa shape index (κ1) is 13.8. The third kappa shape index (κ3) is 2.89. The van der Waals surface area contributed by atoms with Gasteiger partial charge in [-0.3, -0.25) is 4.31 Å². The zero-order chi connectivity index (χ0) is 13.3. The molecule has 0 spiro atoms. The third-order valence-electron chi connectivity index (χ3n) is 2.83. The van der Waals surface area contributed by atoms with Crippen LogP contribution in [0.25, 0.3) is 0 Å². The van der Waals surface area contributed by atoms with Crippen LogP contribution >= 0.6 is 0 Å². The van der Waals surface area contributed by atoms with Gasteiger partial charge in [-0.05, 0) is 32.4 Å². The SMILES string of the molecule is CCC(C)(C)N(c1ccccc1N)S(N)(=O)=O. The number of nitrogen functional groups attached to an aromatic ring is 1. The molecule has 4 N–H and O–H groups in total. The van der Waals surface area contributed by atoms with E-state index in [2.05, 4.69) is 0 Å². The normalized spacial score (nSPS) is 12.5. The largest absolute Gasteiger partial charge is 0.397 e. The van der Waals surface area contributed by atoms with E-state index in [4.69, 9.17) is 10.9 Å². The molecule has 17 heavy (non-hydrogen) atoms. The highest BCUT2D eigenvalue weighted by Gasteiger charge is 2.33. The summed E-state index contributed by atoms with van der Waals surface area (Å²) in [4.78, 5) is 0. The molecule has 96 valence electrons. The summed E-state index contributed by atoms with van der Waals surface area (Å²) in [7, 11) is -3.86. The number of nitrogens with two attached hydrogens (primary N) is 2. The van der Waals surface area contributed by atoms with Crippen LogP contribution < -0.4 is 15.2 Å². The van der Waals surface area contributed by atoms with Gasteiger partial charge in [0, 0.05) is 0 Å². The lowest BCUT2D eigenvalue weighted by molar-refractivity contribution is 0.486. The molecule has 0 aliphatic heterocycles. The fraction of sp³-hybridized carbons (Fsp3) is 0.455. The minimum Gasteiger partial charge on any atom is -0.397 e. The van der Waals surface area contributed by atoms with Crippen molar-refractivity contribution in [2.24, 2.45) is 5.14 Å². The van der Waals surface area contributed by atoms with Crippen molar-refractivity contribution in [1.29, 1.82) is 0 Å². The standard InChI is InChI=1S/C11H19N3O2S/c1-4-11(2,3)14(17(13,15)16)10-8-6-5-7-9(10)12/h5-8H,4,12H2,1-3H3,(H2,13,15,16). The number of anilines is 2. The van der Waals surface area contributed by atoms with Crippen molar-refractivity contribution in [1.82, 2.24) is 0 Å². The van der Waals surface area contributed by atoms with E-state index in [0.717, 1.165) is 0 Å². The Morgan fingerprint density at radius 2 is 1.82 bits per heavy atom. The Morgan fingerprint density at radius 3 is 2.24 bits per heavy atom. The van der Waals surface area contributed by atoms with Crippen LogP contribution in [0.15, 0.2) is 24.3 Å². The van der Waals surface area contributed by atoms with Crippen molar-refractivity contribution in [2.45, 2.75) is 32.7 Å². The predicted octanol–water partition coefficient (Wildman–Crippen LogP) is 1.47. The van der Waals surface area contributed by atoms with Gasteiger partial charge in [0.25, 0.3) is 10.2 Å². The first-order chi connectivity index (χ1) is 7.70. The van der Waals surface area contributed by atoms with Gasteiger partial charge in [0.2, 0.25) is 0 Å². The van der Waals surface area contributed by atoms with Crippen molar-refractivity contribution < 1.29 is 8.42 Å². The lowest BCUT2D eigenvalue weighted by atomic mass is 10.0. The van der Waals surface area contributed by atoms with E-state index in [1.54, 1.807) is 24.3 Å². The predicted molar refractivity (Wildman–Crippen MR) is 70.8 cm³/mol. The Hall–Kier alpha value is -1.27. The maximum absolute atomic E-state index is 11.7. The van der Waals surface area contributed by atoms with Gasteiger partial charge in [-0.15, -0.1) is 0 Å². The van der Waals surface area contributed by atoms with E-state index in [-0.39, 0.29) is 0 Å². The molecule has 1 aromatic carbocycles. The number of benzene rings is 1. The summed E-state index contributed by atoms with van der Waals surface area (Å²) in [6.07, 6.45) is 0.623. The number of hydrogen-bond acceptors (Lipinski definition) is 3. The van der Waals surface area contributed by atoms with Crippen molar-refractivity contribution in [3.8, 4) is 0 Å². The van der Waals surface area contributed by atoms with E-state index in [9.17, 15) is 8.42 Å². The first-order valence-electron chi connectivity index (χ1n) is 5.38. The molecule has 6 heteroatoms. The molecular weight excluding hydrogens is 238 g/mol. The summed E-state index contributed by atoms with van der Waals surface area (Å²) in [5.41, 5.74) is 6.00. The smallest absolute Gasteiger partial charge is 0.299 e. The summed E-state index contributed by atoms with van der Waals surface area (Å²) in [5.74, 6) is 0. The summed E-state index contributed by atoms with van der Waals surface area (Å²) >= 11 is 0. The lowest BCUT2D eigenvalue weighted by Gasteiger charge is -2.37. The van der Waals surface area contributed by atoms with Crippen molar-refractivity contribution >= 4 is 21.6 Å². The maximum atomic E-state index is 11.7. The topological polar surface area (TPSA) is 89.4 Å². The molecule has 5 nitrogen and oxygen atoms in total. The fourth-order valence-corrected chi connectivity index (χ4v) is 2.88. The molecule has 0 atom stereocenters. The average molecular weight is 257 g/mol. The van der Waals surface area contributed by atoms with Crippen LogP contribution in [0, 0.1) is 0 Å². The Labute approximate surface area is 103 Å². The molecule has 0 bridgehead atoms. The van der Waals surface area contributed by atoms with E-state index < -0.39 is 15.7 Å².